The Labute approximate surface area is 146 Å². The predicted molar refractivity (Wildman–Crippen MR) is 92.2 cm³/mol. The zero-order valence-corrected chi connectivity index (χ0v) is 14.5. The van der Waals surface area contributed by atoms with Crippen LogP contribution in [0.4, 0.5) is 18.9 Å². The third kappa shape index (κ3) is 5.92. The lowest BCUT2D eigenvalue weighted by Crippen LogP contribution is -2.32. The molecule has 4 nitrogen and oxygen atoms in total. The molecule has 0 fully saturated rings. The largest absolute Gasteiger partial charge is 0.416 e. The topological polar surface area (TPSA) is 67.2 Å². The third-order valence-electron chi connectivity index (χ3n) is 4.82. The monoisotopic (exact) mass is 357 g/mol. The molecule has 1 aromatic carbocycles. The van der Waals surface area contributed by atoms with E-state index in [4.69, 9.17) is 5.73 Å². The second kappa shape index (κ2) is 8.56. The van der Waals surface area contributed by atoms with Crippen LogP contribution in [0.3, 0.4) is 0 Å². The smallest absolute Gasteiger partial charge is 0.385 e. The zero-order chi connectivity index (χ0) is 18.4. The van der Waals surface area contributed by atoms with Crippen molar-refractivity contribution in [2.24, 2.45) is 17.6 Å². The van der Waals surface area contributed by atoms with Crippen molar-refractivity contribution >= 4 is 11.6 Å². The number of carbonyl (C=O) groups excluding carboxylic acids is 1. The Balaban J connectivity index is 1.88. The quantitative estimate of drug-likeness (QED) is 0.669. The van der Waals surface area contributed by atoms with Crippen LogP contribution in [0.25, 0.3) is 0 Å². The van der Waals surface area contributed by atoms with Gasteiger partial charge in [-0.05, 0) is 61.4 Å². The van der Waals surface area contributed by atoms with E-state index in [1.165, 1.54) is 12.1 Å². The molecule has 0 aromatic heterocycles. The summed E-state index contributed by atoms with van der Waals surface area (Å²) in [6, 6.07) is 3.92. The van der Waals surface area contributed by atoms with Crippen molar-refractivity contribution < 1.29 is 18.0 Å². The first kappa shape index (κ1) is 19.6. The van der Waals surface area contributed by atoms with Gasteiger partial charge in [0.05, 0.1) is 12.1 Å². The van der Waals surface area contributed by atoms with Crippen molar-refractivity contribution in [3.8, 4) is 0 Å². The number of nitrogens with two attached hydrogens (primary N) is 1. The lowest BCUT2D eigenvalue weighted by atomic mass is 9.86. The van der Waals surface area contributed by atoms with Gasteiger partial charge < -0.3 is 16.4 Å². The summed E-state index contributed by atoms with van der Waals surface area (Å²) < 4.78 is 38.6. The summed E-state index contributed by atoms with van der Waals surface area (Å²) in [7, 11) is 0. The molecule has 1 heterocycles. The molecule has 2 rings (SSSR count). The zero-order valence-electron chi connectivity index (χ0n) is 14.5. The van der Waals surface area contributed by atoms with E-state index >= 15 is 0 Å². The van der Waals surface area contributed by atoms with E-state index < -0.39 is 11.7 Å². The molecule has 0 spiro atoms. The highest BCUT2D eigenvalue weighted by atomic mass is 19.4. The number of benzene rings is 1. The Kier molecular flexibility index (Phi) is 6.70. The van der Waals surface area contributed by atoms with Crippen LogP contribution >= 0.6 is 0 Å². The predicted octanol–water partition coefficient (Wildman–Crippen LogP) is 3.17. The highest BCUT2D eigenvalue weighted by Crippen LogP contribution is 2.35. The molecule has 25 heavy (non-hydrogen) atoms. The van der Waals surface area contributed by atoms with Crippen molar-refractivity contribution in [1.82, 2.24) is 5.32 Å². The van der Waals surface area contributed by atoms with Gasteiger partial charge in [-0.1, -0.05) is 13.3 Å². The molecule has 1 aromatic rings. The third-order valence-corrected chi connectivity index (χ3v) is 4.82. The first-order chi connectivity index (χ1) is 11.8. The number of amides is 1. The van der Waals surface area contributed by atoms with E-state index in [2.05, 4.69) is 17.6 Å². The fourth-order valence-corrected chi connectivity index (χ4v) is 3.27. The van der Waals surface area contributed by atoms with Gasteiger partial charge in [0.15, 0.2) is 0 Å². The Morgan fingerprint density at radius 1 is 1.44 bits per heavy atom. The van der Waals surface area contributed by atoms with Crippen molar-refractivity contribution in [3.63, 3.8) is 0 Å². The van der Waals surface area contributed by atoms with Gasteiger partial charge in [0.2, 0.25) is 5.91 Å². The summed E-state index contributed by atoms with van der Waals surface area (Å²) in [6.45, 7) is 3.79. The molecule has 140 valence electrons. The van der Waals surface area contributed by atoms with Gasteiger partial charge in [-0.2, -0.15) is 13.2 Å². The van der Waals surface area contributed by atoms with Crippen LogP contribution in [0.1, 0.15) is 37.3 Å². The molecule has 0 aliphatic carbocycles. The molecule has 0 radical (unpaired) electrons. The van der Waals surface area contributed by atoms with Crippen LogP contribution in [0, 0.1) is 11.8 Å². The summed E-state index contributed by atoms with van der Waals surface area (Å²) in [6.07, 6.45) is -0.734. The summed E-state index contributed by atoms with van der Waals surface area (Å²) in [5.41, 5.74) is 6.07. The minimum Gasteiger partial charge on any atom is -0.385 e. The molecule has 2 atom stereocenters. The van der Waals surface area contributed by atoms with Gasteiger partial charge in [0, 0.05) is 12.2 Å². The molecule has 2 unspecified atom stereocenters. The Hall–Kier alpha value is -1.76. The van der Waals surface area contributed by atoms with Crippen molar-refractivity contribution in [3.05, 3.63) is 29.3 Å². The molecule has 0 saturated carbocycles. The molecule has 0 saturated heterocycles. The number of hydrogen-bond acceptors (Lipinski definition) is 3. The highest BCUT2D eigenvalue weighted by molar-refractivity contribution is 5.75. The van der Waals surface area contributed by atoms with Crippen LogP contribution in [0.2, 0.25) is 0 Å². The molecule has 4 N–H and O–H groups in total. The summed E-state index contributed by atoms with van der Waals surface area (Å²) >= 11 is 0. The number of rotatable bonds is 8. The minimum absolute atomic E-state index is 0.176. The van der Waals surface area contributed by atoms with E-state index in [9.17, 15) is 18.0 Å². The van der Waals surface area contributed by atoms with Crippen molar-refractivity contribution in [1.29, 1.82) is 0 Å². The molecule has 1 amide bonds. The number of halogens is 3. The lowest BCUT2D eigenvalue weighted by Gasteiger charge is -2.28. The van der Waals surface area contributed by atoms with E-state index in [0.717, 1.165) is 49.7 Å². The maximum atomic E-state index is 12.9. The SMILES string of the molecule is CCC(CCC1CNc2ccc(C(F)(F)F)cc2C1)CNCC(N)=O. The van der Waals surface area contributed by atoms with E-state index in [1.54, 1.807) is 0 Å². The molecule has 1 aliphatic heterocycles. The van der Waals surface area contributed by atoms with Gasteiger partial charge in [0.1, 0.15) is 0 Å². The molecule has 7 heteroatoms. The first-order valence-electron chi connectivity index (χ1n) is 8.72. The number of hydrogen-bond donors (Lipinski definition) is 3. The second-order valence-electron chi connectivity index (χ2n) is 6.77. The Bertz CT molecular complexity index is 589. The number of nitrogens with one attached hydrogen (secondary N) is 2. The highest BCUT2D eigenvalue weighted by Gasteiger charge is 2.32. The molecule has 0 bridgehead atoms. The van der Waals surface area contributed by atoms with Gasteiger partial charge in [0.25, 0.3) is 0 Å². The van der Waals surface area contributed by atoms with Crippen LogP contribution in [-0.4, -0.2) is 25.5 Å². The average molecular weight is 357 g/mol. The Morgan fingerprint density at radius 3 is 2.84 bits per heavy atom. The number of alkyl halides is 3. The van der Waals surface area contributed by atoms with E-state index in [0.29, 0.717) is 18.3 Å². The number of carbonyl (C=O) groups is 1. The average Bonchev–Trinajstić information content (AvgIpc) is 2.56. The molecular weight excluding hydrogens is 331 g/mol. The maximum Gasteiger partial charge on any atom is 0.416 e. The Morgan fingerprint density at radius 2 is 2.20 bits per heavy atom. The fraction of sp³-hybridized carbons (Fsp3) is 0.611. The van der Waals surface area contributed by atoms with Crippen molar-refractivity contribution in [2.75, 3.05) is 25.0 Å². The summed E-state index contributed by atoms with van der Waals surface area (Å²) in [4.78, 5) is 10.8. The maximum absolute atomic E-state index is 12.9. The normalized spacial score (nSPS) is 18.3. The minimum atomic E-state index is -4.30. The van der Waals surface area contributed by atoms with Gasteiger partial charge in [-0.3, -0.25) is 4.79 Å². The number of anilines is 1. The molecule has 1 aliphatic rings. The second-order valence-corrected chi connectivity index (χ2v) is 6.77. The van der Waals surface area contributed by atoms with Crippen molar-refractivity contribution in [2.45, 2.75) is 38.8 Å². The summed E-state index contributed by atoms with van der Waals surface area (Å²) in [5, 5.41) is 6.30. The fourth-order valence-electron chi connectivity index (χ4n) is 3.27. The van der Waals surface area contributed by atoms with Gasteiger partial charge >= 0.3 is 6.18 Å². The first-order valence-corrected chi connectivity index (χ1v) is 8.72. The number of fused-ring (bicyclic) bond motifs is 1. The number of primary amides is 1. The molecular formula is C18H26F3N3O. The van der Waals surface area contributed by atoms with Gasteiger partial charge in [-0.15, -0.1) is 0 Å². The van der Waals surface area contributed by atoms with E-state index in [-0.39, 0.29) is 12.5 Å². The van der Waals surface area contributed by atoms with Gasteiger partial charge in [-0.25, -0.2) is 0 Å². The standard InChI is InChI=1S/C18H26F3N3O/c1-2-12(9-23-11-17(22)25)3-4-13-7-14-8-15(18(19,20)21)5-6-16(14)24-10-13/h5-6,8,12-13,23-24H,2-4,7,9-11H2,1H3,(H2,22,25). The van der Waals surface area contributed by atoms with Crippen LogP contribution < -0.4 is 16.4 Å². The van der Waals surface area contributed by atoms with Crippen LogP contribution in [0.5, 0.6) is 0 Å². The van der Waals surface area contributed by atoms with Crippen LogP contribution in [-0.2, 0) is 17.4 Å². The summed E-state index contributed by atoms with van der Waals surface area (Å²) in [5.74, 6) is 0.381. The van der Waals surface area contributed by atoms with Crippen LogP contribution in [0.15, 0.2) is 18.2 Å². The van der Waals surface area contributed by atoms with E-state index in [1.807, 2.05) is 0 Å². The lowest BCUT2D eigenvalue weighted by molar-refractivity contribution is -0.137.